The van der Waals surface area contributed by atoms with Gasteiger partial charge in [-0.25, -0.2) is 9.97 Å². The lowest BCUT2D eigenvalue weighted by Gasteiger charge is -2.19. The maximum atomic E-state index is 8.48. The molecule has 0 fully saturated rings. The zero-order valence-corrected chi connectivity index (χ0v) is 12.0. The molecule has 0 unspecified atom stereocenters. The van der Waals surface area contributed by atoms with Gasteiger partial charge in [-0.15, -0.1) is 0 Å². The maximum Gasteiger partial charge on any atom is 0.223 e. The zero-order chi connectivity index (χ0) is 14.6. The molecule has 0 saturated heterocycles. The Balaban J connectivity index is 2.18. The highest BCUT2D eigenvalue weighted by molar-refractivity contribution is 5.62. The molecule has 0 saturated carbocycles. The number of hydrogen-bond acceptors (Lipinski definition) is 4. The molecule has 1 heterocycles. The van der Waals surface area contributed by atoms with Crippen LogP contribution in [-0.4, -0.2) is 16.5 Å². The van der Waals surface area contributed by atoms with E-state index in [0.717, 1.165) is 11.1 Å². The summed E-state index contributed by atoms with van der Waals surface area (Å²) in [4.78, 5) is 8.38. The maximum absolute atomic E-state index is 8.48. The van der Waals surface area contributed by atoms with Gasteiger partial charge in [-0.05, 0) is 16.5 Å². The van der Waals surface area contributed by atoms with Gasteiger partial charge in [-0.1, -0.05) is 45.0 Å². The fourth-order valence-electron chi connectivity index (χ4n) is 1.85. The molecule has 2 rings (SSSR count). The molecule has 0 bridgehead atoms. The van der Waals surface area contributed by atoms with Crippen molar-refractivity contribution in [3.63, 3.8) is 0 Å². The van der Waals surface area contributed by atoms with Crippen LogP contribution < -0.4 is 5.32 Å². The van der Waals surface area contributed by atoms with Crippen molar-refractivity contribution in [3.05, 3.63) is 42.2 Å². The summed E-state index contributed by atoms with van der Waals surface area (Å²) < 4.78 is 0. The molecule has 1 aromatic heterocycles. The molecule has 0 aliphatic carbocycles. The Kier molecular flexibility index (Phi) is 3.99. The lowest BCUT2D eigenvalue weighted by Crippen LogP contribution is -2.10. The molecule has 102 valence electrons. The normalized spacial score (nSPS) is 10.9. The van der Waals surface area contributed by atoms with Gasteiger partial charge in [0.1, 0.15) is 6.54 Å². The van der Waals surface area contributed by atoms with Crippen molar-refractivity contribution in [3.8, 4) is 17.2 Å². The lowest BCUT2D eigenvalue weighted by molar-refractivity contribution is 0.590. The molecule has 4 heteroatoms. The van der Waals surface area contributed by atoms with E-state index in [9.17, 15) is 0 Å². The molecule has 0 atom stereocenters. The van der Waals surface area contributed by atoms with Crippen molar-refractivity contribution in [1.29, 1.82) is 5.26 Å². The smallest absolute Gasteiger partial charge is 0.223 e. The van der Waals surface area contributed by atoms with Crippen LogP contribution in [0.3, 0.4) is 0 Å². The summed E-state index contributed by atoms with van der Waals surface area (Å²) in [5, 5.41) is 11.3. The molecule has 0 aliphatic heterocycles. The number of nitriles is 1. The highest BCUT2D eigenvalue weighted by Gasteiger charge is 2.13. The molecule has 0 amide bonds. The minimum Gasteiger partial charge on any atom is -0.341 e. The highest BCUT2D eigenvalue weighted by atomic mass is 15.1. The Morgan fingerprint density at radius 1 is 1.05 bits per heavy atom. The van der Waals surface area contributed by atoms with Crippen molar-refractivity contribution in [2.45, 2.75) is 26.2 Å². The summed E-state index contributed by atoms with van der Waals surface area (Å²) in [7, 11) is 0. The Morgan fingerprint density at radius 3 is 2.15 bits per heavy atom. The Morgan fingerprint density at radius 2 is 1.65 bits per heavy atom. The van der Waals surface area contributed by atoms with Gasteiger partial charge in [0.2, 0.25) is 5.95 Å². The molecule has 1 N–H and O–H groups in total. The van der Waals surface area contributed by atoms with Crippen molar-refractivity contribution >= 4 is 5.95 Å². The van der Waals surface area contributed by atoms with E-state index in [-0.39, 0.29) is 12.0 Å². The third-order valence-electron chi connectivity index (χ3n) is 3.06. The van der Waals surface area contributed by atoms with Crippen molar-refractivity contribution in [2.75, 3.05) is 11.9 Å². The Labute approximate surface area is 119 Å². The first-order valence-corrected chi connectivity index (χ1v) is 6.54. The second-order valence-corrected chi connectivity index (χ2v) is 5.63. The van der Waals surface area contributed by atoms with Gasteiger partial charge in [0.05, 0.1) is 6.07 Å². The monoisotopic (exact) mass is 266 g/mol. The number of aromatic nitrogens is 2. The van der Waals surface area contributed by atoms with Crippen molar-refractivity contribution in [2.24, 2.45) is 0 Å². The molecule has 1 aromatic carbocycles. The molecule has 0 aliphatic rings. The van der Waals surface area contributed by atoms with E-state index in [4.69, 9.17) is 5.26 Å². The molecule has 2 aromatic rings. The van der Waals surface area contributed by atoms with E-state index in [1.165, 1.54) is 5.56 Å². The van der Waals surface area contributed by atoms with E-state index in [0.29, 0.717) is 5.95 Å². The van der Waals surface area contributed by atoms with Gasteiger partial charge in [0.15, 0.2) is 0 Å². The van der Waals surface area contributed by atoms with Crippen LogP contribution in [0, 0.1) is 11.3 Å². The third kappa shape index (κ3) is 3.33. The van der Waals surface area contributed by atoms with E-state index in [1.54, 1.807) is 12.4 Å². The van der Waals surface area contributed by atoms with Gasteiger partial charge >= 0.3 is 0 Å². The summed E-state index contributed by atoms with van der Waals surface area (Å²) in [6.45, 7) is 6.79. The van der Waals surface area contributed by atoms with Crippen molar-refractivity contribution < 1.29 is 0 Å². The minimum atomic E-state index is 0.153. The van der Waals surface area contributed by atoms with Crippen LogP contribution in [-0.2, 0) is 5.41 Å². The average Bonchev–Trinajstić information content (AvgIpc) is 2.45. The van der Waals surface area contributed by atoms with Crippen LogP contribution in [0.25, 0.3) is 11.1 Å². The van der Waals surface area contributed by atoms with Crippen LogP contribution in [0.5, 0.6) is 0 Å². The first-order valence-electron chi connectivity index (χ1n) is 6.54. The van der Waals surface area contributed by atoms with Gasteiger partial charge < -0.3 is 5.32 Å². The predicted octanol–water partition coefficient (Wildman–Crippen LogP) is 3.38. The second-order valence-electron chi connectivity index (χ2n) is 5.63. The van der Waals surface area contributed by atoms with Crippen LogP contribution in [0.15, 0.2) is 36.7 Å². The summed E-state index contributed by atoms with van der Waals surface area (Å²) in [6, 6.07) is 10.4. The topological polar surface area (TPSA) is 61.6 Å². The lowest BCUT2D eigenvalue weighted by atomic mass is 9.86. The number of benzene rings is 1. The molecule has 0 spiro atoms. The van der Waals surface area contributed by atoms with E-state index < -0.39 is 0 Å². The molecule has 4 nitrogen and oxygen atoms in total. The van der Waals surface area contributed by atoms with Crippen molar-refractivity contribution in [1.82, 2.24) is 9.97 Å². The molecular weight excluding hydrogens is 248 g/mol. The standard InChI is InChI=1S/C16H18N4/c1-16(2,3)14-6-4-12(5-7-14)13-10-19-15(20-11-13)18-9-8-17/h4-7,10-11H,9H2,1-3H3,(H,18,19,20). The highest BCUT2D eigenvalue weighted by Crippen LogP contribution is 2.25. The van der Waals surface area contributed by atoms with Crippen LogP contribution >= 0.6 is 0 Å². The number of hydrogen-bond donors (Lipinski definition) is 1. The van der Waals surface area contributed by atoms with Crippen LogP contribution in [0.4, 0.5) is 5.95 Å². The number of rotatable bonds is 3. The third-order valence-corrected chi connectivity index (χ3v) is 3.06. The fourth-order valence-corrected chi connectivity index (χ4v) is 1.85. The number of nitrogens with zero attached hydrogens (tertiary/aromatic N) is 3. The minimum absolute atomic E-state index is 0.153. The first kappa shape index (κ1) is 14.0. The van der Waals surface area contributed by atoms with E-state index >= 15 is 0 Å². The quantitative estimate of drug-likeness (QED) is 0.865. The second kappa shape index (κ2) is 5.70. The SMILES string of the molecule is CC(C)(C)c1ccc(-c2cnc(NCC#N)nc2)cc1. The largest absolute Gasteiger partial charge is 0.341 e. The summed E-state index contributed by atoms with van der Waals surface area (Å²) in [5.74, 6) is 0.474. The fraction of sp³-hybridized carbons (Fsp3) is 0.312. The van der Waals surface area contributed by atoms with Gasteiger partial charge in [0, 0.05) is 18.0 Å². The van der Waals surface area contributed by atoms with Gasteiger partial charge in [0.25, 0.3) is 0 Å². The van der Waals surface area contributed by atoms with E-state index in [2.05, 4.69) is 60.3 Å². The molecule has 20 heavy (non-hydrogen) atoms. The van der Waals surface area contributed by atoms with Crippen LogP contribution in [0.2, 0.25) is 0 Å². The zero-order valence-electron chi connectivity index (χ0n) is 12.0. The number of anilines is 1. The Hall–Kier alpha value is -2.41. The van der Waals surface area contributed by atoms with E-state index in [1.807, 2.05) is 6.07 Å². The molecule has 0 radical (unpaired) electrons. The summed E-state index contributed by atoms with van der Waals surface area (Å²) >= 11 is 0. The molecular formula is C16H18N4. The summed E-state index contributed by atoms with van der Waals surface area (Å²) in [5.41, 5.74) is 3.51. The number of nitrogens with one attached hydrogen (secondary N) is 1. The predicted molar refractivity (Wildman–Crippen MR) is 80.3 cm³/mol. The van der Waals surface area contributed by atoms with Gasteiger partial charge in [-0.3, -0.25) is 0 Å². The first-order chi connectivity index (χ1) is 9.50. The average molecular weight is 266 g/mol. The summed E-state index contributed by atoms with van der Waals surface area (Å²) in [6.07, 6.45) is 3.53. The Bertz CT molecular complexity index is 601. The van der Waals surface area contributed by atoms with Gasteiger partial charge in [-0.2, -0.15) is 5.26 Å². The van der Waals surface area contributed by atoms with Crippen LogP contribution in [0.1, 0.15) is 26.3 Å².